The zero-order chi connectivity index (χ0) is 11.5. The van der Waals surface area contributed by atoms with Crippen molar-refractivity contribution in [3.05, 3.63) is 48.0 Å². The molecule has 1 aliphatic rings. The Bertz CT molecular complexity index is 437. The van der Waals surface area contributed by atoms with E-state index in [-0.39, 0.29) is 17.7 Å². The van der Waals surface area contributed by atoms with Crippen molar-refractivity contribution in [2.24, 2.45) is 5.92 Å². The average Bonchev–Trinajstić information content (AvgIpc) is 2.32. The molecule has 0 N–H and O–H groups in total. The van der Waals surface area contributed by atoms with Gasteiger partial charge in [-0.15, -0.1) is 0 Å². The van der Waals surface area contributed by atoms with Gasteiger partial charge in [-0.05, 0) is 24.1 Å². The predicted molar refractivity (Wildman–Crippen MR) is 60.8 cm³/mol. The molecule has 1 atom stereocenters. The van der Waals surface area contributed by atoms with Gasteiger partial charge in [0.15, 0.2) is 0 Å². The molecular weight excluding hydrogens is 202 g/mol. The van der Waals surface area contributed by atoms with Crippen LogP contribution in [0.15, 0.2) is 42.5 Å². The number of carbonyl (C=O) groups is 2. The summed E-state index contributed by atoms with van der Waals surface area (Å²) in [7, 11) is 0. The second-order valence-electron chi connectivity index (χ2n) is 3.96. The average molecular weight is 215 g/mol. The number of imide groups is 1. The lowest BCUT2D eigenvalue weighted by Crippen LogP contribution is -2.40. The van der Waals surface area contributed by atoms with Crippen molar-refractivity contribution in [1.29, 1.82) is 0 Å². The molecule has 2 amide bonds. The molecule has 0 saturated carbocycles. The number of amides is 2. The first kappa shape index (κ1) is 10.6. The first-order valence-electron chi connectivity index (χ1n) is 5.27. The van der Waals surface area contributed by atoms with E-state index in [2.05, 4.69) is 0 Å². The molecule has 1 aromatic rings. The molecule has 82 valence electrons. The zero-order valence-electron chi connectivity index (χ0n) is 9.09. The molecule has 1 aromatic carbocycles. The molecule has 0 bridgehead atoms. The van der Waals surface area contributed by atoms with Crippen molar-refractivity contribution in [2.75, 3.05) is 6.54 Å². The van der Waals surface area contributed by atoms with Crippen LogP contribution < -0.4 is 0 Å². The van der Waals surface area contributed by atoms with Crippen LogP contribution in [0.25, 0.3) is 0 Å². The number of rotatable bonds is 1. The van der Waals surface area contributed by atoms with Crippen molar-refractivity contribution in [3.63, 3.8) is 0 Å². The van der Waals surface area contributed by atoms with E-state index in [1.807, 2.05) is 19.1 Å². The highest BCUT2D eigenvalue weighted by atomic mass is 16.2. The summed E-state index contributed by atoms with van der Waals surface area (Å²) >= 11 is 0. The van der Waals surface area contributed by atoms with Gasteiger partial charge in [0.05, 0.1) is 0 Å². The van der Waals surface area contributed by atoms with E-state index >= 15 is 0 Å². The van der Waals surface area contributed by atoms with Gasteiger partial charge in [0, 0.05) is 12.1 Å². The largest absolute Gasteiger partial charge is 0.274 e. The Balaban J connectivity index is 2.23. The van der Waals surface area contributed by atoms with Crippen molar-refractivity contribution < 1.29 is 9.59 Å². The van der Waals surface area contributed by atoms with Gasteiger partial charge >= 0.3 is 0 Å². The summed E-state index contributed by atoms with van der Waals surface area (Å²) < 4.78 is 0. The number of nitrogens with zero attached hydrogens (tertiary/aromatic N) is 1. The van der Waals surface area contributed by atoms with Crippen LogP contribution >= 0.6 is 0 Å². The van der Waals surface area contributed by atoms with Gasteiger partial charge in [-0.1, -0.05) is 31.2 Å². The molecule has 0 radical (unpaired) electrons. The van der Waals surface area contributed by atoms with E-state index in [1.165, 1.54) is 11.0 Å². The maximum absolute atomic E-state index is 12.0. The first-order valence-corrected chi connectivity index (χ1v) is 5.27. The fourth-order valence-electron chi connectivity index (χ4n) is 1.69. The van der Waals surface area contributed by atoms with E-state index in [0.717, 1.165) is 0 Å². The van der Waals surface area contributed by atoms with Crippen LogP contribution in [-0.2, 0) is 4.79 Å². The highest BCUT2D eigenvalue weighted by Crippen LogP contribution is 2.13. The van der Waals surface area contributed by atoms with Gasteiger partial charge in [0.25, 0.3) is 11.8 Å². The van der Waals surface area contributed by atoms with E-state index in [4.69, 9.17) is 0 Å². The highest BCUT2D eigenvalue weighted by molar-refractivity contribution is 6.08. The number of carbonyl (C=O) groups excluding carboxylic acids is 2. The van der Waals surface area contributed by atoms with Gasteiger partial charge in [0.1, 0.15) is 0 Å². The Morgan fingerprint density at radius 1 is 1.31 bits per heavy atom. The summed E-state index contributed by atoms with van der Waals surface area (Å²) in [6, 6.07) is 8.87. The van der Waals surface area contributed by atoms with Crippen LogP contribution in [-0.4, -0.2) is 23.3 Å². The lowest BCUT2D eigenvalue weighted by atomic mass is 10.1. The molecule has 1 heterocycles. The standard InChI is InChI=1S/C13H13NO2/c1-10-7-8-12(15)14(9-10)13(16)11-5-3-2-4-6-11/h2-8,10H,9H2,1H3. The van der Waals surface area contributed by atoms with Crippen LogP contribution in [0.1, 0.15) is 17.3 Å². The predicted octanol–water partition coefficient (Wildman–Crippen LogP) is 1.86. The second kappa shape index (κ2) is 4.31. The Morgan fingerprint density at radius 2 is 2.00 bits per heavy atom. The third-order valence-corrected chi connectivity index (χ3v) is 2.57. The molecule has 1 aliphatic heterocycles. The molecule has 0 fully saturated rings. The fraction of sp³-hybridized carbons (Fsp3) is 0.231. The number of benzene rings is 1. The van der Waals surface area contributed by atoms with Gasteiger partial charge in [-0.2, -0.15) is 0 Å². The van der Waals surface area contributed by atoms with E-state index in [0.29, 0.717) is 12.1 Å². The maximum atomic E-state index is 12.0. The molecule has 3 nitrogen and oxygen atoms in total. The van der Waals surface area contributed by atoms with Crippen molar-refractivity contribution in [1.82, 2.24) is 4.90 Å². The Labute approximate surface area is 94.4 Å². The van der Waals surface area contributed by atoms with Crippen LogP contribution in [0, 0.1) is 5.92 Å². The molecular formula is C13H13NO2. The molecule has 0 aromatic heterocycles. The number of hydrogen-bond acceptors (Lipinski definition) is 2. The van der Waals surface area contributed by atoms with Gasteiger partial charge < -0.3 is 0 Å². The minimum atomic E-state index is -0.230. The normalized spacial score (nSPS) is 19.9. The third-order valence-electron chi connectivity index (χ3n) is 2.57. The Morgan fingerprint density at radius 3 is 2.69 bits per heavy atom. The van der Waals surface area contributed by atoms with Gasteiger partial charge in [-0.3, -0.25) is 14.5 Å². The maximum Gasteiger partial charge on any atom is 0.260 e. The molecule has 16 heavy (non-hydrogen) atoms. The SMILES string of the molecule is CC1C=CC(=O)N(C(=O)c2ccccc2)C1. The van der Waals surface area contributed by atoms with Crippen molar-refractivity contribution >= 4 is 11.8 Å². The molecule has 1 unspecified atom stereocenters. The molecule has 0 spiro atoms. The topological polar surface area (TPSA) is 37.4 Å². The summed E-state index contributed by atoms with van der Waals surface area (Å²) in [5.74, 6) is -0.223. The summed E-state index contributed by atoms with van der Waals surface area (Å²) in [6.45, 7) is 2.44. The minimum Gasteiger partial charge on any atom is -0.274 e. The molecule has 3 heteroatoms. The van der Waals surface area contributed by atoms with Crippen molar-refractivity contribution in [2.45, 2.75) is 6.92 Å². The third kappa shape index (κ3) is 2.03. The Hall–Kier alpha value is -1.90. The fourth-order valence-corrected chi connectivity index (χ4v) is 1.69. The molecule has 0 aliphatic carbocycles. The van der Waals surface area contributed by atoms with E-state index in [1.54, 1.807) is 24.3 Å². The van der Waals surface area contributed by atoms with Crippen LogP contribution in [0.4, 0.5) is 0 Å². The zero-order valence-corrected chi connectivity index (χ0v) is 9.09. The Kier molecular flexibility index (Phi) is 2.86. The summed E-state index contributed by atoms with van der Waals surface area (Å²) in [6.07, 6.45) is 3.30. The second-order valence-corrected chi connectivity index (χ2v) is 3.96. The van der Waals surface area contributed by atoms with E-state index in [9.17, 15) is 9.59 Å². The van der Waals surface area contributed by atoms with Crippen molar-refractivity contribution in [3.8, 4) is 0 Å². The lowest BCUT2D eigenvalue weighted by Gasteiger charge is -2.25. The summed E-state index contributed by atoms with van der Waals surface area (Å²) in [5, 5.41) is 0. The monoisotopic (exact) mass is 215 g/mol. The summed E-state index contributed by atoms with van der Waals surface area (Å²) in [4.78, 5) is 24.9. The first-order chi connectivity index (χ1) is 7.68. The van der Waals surface area contributed by atoms with Crippen LogP contribution in [0.5, 0.6) is 0 Å². The van der Waals surface area contributed by atoms with Crippen LogP contribution in [0.2, 0.25) is 0 Å². The summed E-state index contributed by atoms with van der Waals surface area (Å²) in [5.41, 5.74) is 0.554. The van der Waals surface area contributed by atoms with Gasteiger partial charge in [0.2, 0.25) is 0 Å². The minimum absolute atomic E-state index is 0.221. The smallest absolute Gasteiger partial charge is 0.260 e. The number of hydrogen-bond donors (Lipinski definition) is 0. The van der Waals surface area contributed by atoms with Gasteiger partial charge in [-0.25, -0.2) is 0 Å². The quantitative estimate of drug-likeness (QED) is 0.670. The molecule has 0 saturated heterocycles. The highest BCUT2D eigenvalue weighted by Gasteiger charge is 2.25. The van der Waals surface area contributed by atoms with Crippen LogP contribution in [0.3, 0.4) is 0 Å². The van der Waals surface area contributed by atoms with E-state index < -0.39 is 0 Å². The lowest BCUT2D eigenvalue weighted by molar-refractivity contribution is -0.124. The molecule has 2 rings (SSSR count).